The monoisotopic (exact) mass is 343 g/mol. The molecule has 0 N–H and O–H groups in total. The molecule has 6 nitrogen and oxygen atoms in total. The Kier molecular flexibility index (Phi) is 5.36. The highest BCUT2D eigenvalue weighted by atomic mass is 16.2. The molecular weight excluding hydrogens is 318 g/mol. The van der Waals surface area contributed by atoms with Gasteiger partial charge in [-0.1, -0.05) is 30.3 Å². The number of carbonyl (C=O) groups is 3. The van der Waals surface area contributed by atoms with Crippen LogP contribution in [0.15, 0.2) is 30.3 Å². The normalized spacial score (nSPS) is 21.4. The largest absolute Gasteiger partial charge is 0.343 e. The van der Waals surface area contributed by atoms with Gasteiger partial charge in [-0.25, -0.2) is 0 Å². The zero-order chi connectivity index (χ0) is 17.8. The topological polar surface area (TPSA) is 60.9 Å². The van der Waals surface area contributed by atoms with Crippen molar-refractivity contribution in [1.82, 2.24) is 14.7 Å². The molecular formula is C19H25N3O3. The van der Waals surface area contributed by atoms with Crippen LogP contribution in [0.2, 0.25) is 0 Å². The molecule has 0 aromatic heterocycles. The van der Waals surface area contributed by atoms with Gasteiger partial charge in [0.25, 0.3) is 0 Å². The lowest BCUT2D eigenvalue weighted by Gasteiger charge is -2.39. The van der Waals surface area contributed by atoms with E-state index in [1.54, 1.807) is 16.7 Å². The SMILES string of the molecule is C[C@H]1C(=O)N(CCCN2CCCC2=O)CC(=O)N1Cc1ccccc1. The van der Waals surface area contributed by atoms with Crippen LogP contribution in [0.3, 0.4) is 0 Å². The molecule has 3 amide bonds. The molecule has 2 aliphatic rings. The van der Waals surface area contributed by atoms with Gasteiger partial charge in [0.05, 0.1) is 6.54 Å². The highest BCUT2D eigenvalue weighted by molar-refractivity contribution is 5.94. The van der Waals surface area contributed by atoms with Crippen molar-refractivity contribution in [2.24, 2.45) is 0 Å². The molecule has 0 aliphatic carbocycles. The van der Waals surface area contributed by atoms with Crippen molar-refractivity contribution in [3.8, 4) is 0 Å². The maximum Gasteiger partial charge on any atom is 0.245 e. The van der Waals surface area contributed by atoms with Crippen molar-refractivity contribution in [3.05, 3.63) is 35.9 Å². The average molecular weight is 343 g/mol. The molecule has 2 heterocycles. The fraction of sp³-hybridized carbons (Fsp3) is 0.526. The van der Waals surface area contributed by atoms with E-state index in [9.17, 15) is 14.4 Å². The molecule has 1 aromatic carbocycles. The van der Waals surface area contributed by atoms with Crippen LogP contribution in [0.4, 0.5) is 0 Å². The smallest absolute Gasteiger partial charge is 0.245 e. The molecule has 25 heavy (non-hydrogen) atoms. The number of nitrogens with zero attached hydrogens (tertiary/aromatic N) is 3. The molecule has 0 bridgehead atoms. The van der Waals surface area contributed by atoms with E-state index in [1.165, 1.54) is 0 Å². The zero-order valence-electron chi connectivity index (χ0n) is 14.7. The Labute approximate surface area is 148 Å². The quantitative estimate of drug-likeness (QED) is 0.781. The highest BCUT2D eigenvalue weighted by Crippen LogP contribution is 2.17. The number of hydrogen-bond donors (Lipinski definition) is 0. The van der Waals surface area contributed by atoms with Gasteiger partial charge in [-0.05, 0) is 25.3 Å². The molecule has 3 rings (SSSR count). The summed E-state index contributed by atoms with van der Waals surface area (Å²) in [6, 6.07) is 9.27. The summed E-state index contributed by atoms with van der Waals surface area (Å²) in [7, 11) is 0. The van der Waals surface area contributed by atoms with Crippen molar-refractivity contribution in [2.75, 3.05) is 26.2 Å². The Morgan fingerprint density at radius 1 is 1.00 bits per heavy atom. The number of hydrogen-bond acceptors (Lipinski definition) is 3. The van der Waals surface area contributed by atoms with E-state index in [2.05, 4.69) is 0 Å². The van der Waals surface area contributed by atoms with Gasteiger partial charge in [0.1, 0.15) is 6.04 Å². The van der Waals surface area contributed by atoms with E-state index in [0.717, 1.165) is 24.9 Å². The average Bonchev–Trinajstić information content (AvgIpc) is 3.02. The summed E-state index contributed by atoms with van der Waals surface area (Å²) < 4.78 is 0. The van der Waals surface area contributed by atoms with E-state index in [0.29, 0.717) is 26.1 Å². The highest BCUT2D eigenvalue weighted by Gasteiger charge is 2.36. The van der Waals surface area contributed by atoms with E-state index in [4.69, 9.17) is 0 Å². The fourth-order valence-electron chi connectivity index (χ4n) is 3.53. The van der Waals surface area contributed by atoms with Crippen LogP contribution >= 0.6 is 0 Å². The van der Waals surface area contributed by atoms with Crippen molar-refractivity contribution in [3.63, 3.8) is 0 Å². The lowest BCUT2D eigenvalue weighted by molar-refractivity contribution is -0.155. The second-order valence-corrected chi connectivity index (χ2v) is 6.78. The number of carbonyl (C=O) groups excluding carboxylic acids is 3. The van der Waals surface area contributed by atoms with E-state index >= 15 is 0 Å². The Balaban J connectivity index is 1.54. The van der Waals surface area contributed by atoms with Crippen LogP contribution in [-0.4, -0.2) is 64.6 Å². The number of benzene rings is 1. The molecule has 2 aliphatic heterocycles. The first-order valence-electron chi connectivity index (χ1n) is 8.96. The molecule has 1 aromatic rings. The molecule has 2 saturated heterocycles. The summed E-state index contributed by atoms with van der Waals surface area (Å²) in [4.78, 5) is 41.9. The molecule has 1 atom stereocenters. The fourth-order valence-corrected chi connectivity index (χ4v) is 3.53. The third-order valence-electron chi connectivity index (χ3n) is 5.01. The lowest BCUT2D eigenvalue weighted by Crippen LogP contribution is -2.58. The van der Waals surface area contributed by atoms with Gasteiger partial charge in [-0.3, -0.25) is 14.4 Å². The summed E-state index contributed by atoms with van der Waals surface area (Å²) in [5.74, 6) is 0.167. The van der Waals surface area contributed by atoms with Crippen LogP contribution < -0.4 is 0 Å². The van der Waals surface area contributed by atoms with Gasteiger partial charge in [-0.15, -0.1) is 0 Å². The molecule has 0 spiro atoms. The first-order chi connectivity index (χ1) is 12.1. The predicted molar refractivity (Wildman–Crippen MR) is 93.5 cm³/mol. The van der Waals surface area contributed by atoms with Crippen molar-refractivity contribution in [2.45, 2.75) is 38.8 Å². The maximum atomic E-state index is 12.6. The van der Waals surface area contributed by atoms with Gasteiger partial charge in [0, 0.05) is 32.6 Å². The maximum absolute atomic E-state index is 12.6. The van der Waals surface area contributed by atoms with Gasteiger partial charge >= 0.3 is 0 Å². The van der Waals surface area contributed by atoms with Crippen molar-refractivity contribution in [1.29, 1.82) is 0 Å². The molecule has 0 radical (unpaired) electrons. The standard InChI is InChI=1S/C19H25N3O3/c1-15-19(25)21(12-6-11-20-10-5-9-17(20)23)14-18(24)22(15)13-16-7-3-2-4-8-16/h2-4,7-8,15H,5-6,9-14H2,1H3/t15-/m0/s1. The summed E-state index contributed by atoms with van der Waals surface area (Å²) in [6.45, 7) is 4.38. The number of rotatable bonds is 6. The molecule has 6 heteroatoms. The van der Waals surface area contributed by atoms with Gasteiger partial charge in [0.15, 0.2) is 0 Å². The third kappa shape index (κ3) is 4.00. The van der Waals surface area contributed by atoms with E-state index in [1.807, 2.05) is 35.2 Å². The molecule has 2 fully saturated rings. The lowest BCUT2D eigenvalue weighted by atomic mass is 10.1. The minimum atomic E-state index is -0.449. The second kappa shape index (κ2) is 7.68. The second-order valence-electron chi connectivity index (χ2n) is 6.78. The van der Waals surface area contributed by atoms with Crippen LogP contribution in [-0.2, 0) is 20.9 Å². The Morgan fingerprint density at radius 3 is 2.40 bits per heavy atom. The first kappa shape index (κ1) is 17.5. The summed E-state index contributed by atoms with van der Waals surface area (Å²) in [5.41, 5.74) is 1.02. The van der Waals surface area contributed by atoms with E-state index in [-0.39, 0.29) is 24.3 Å². The Hall–Kier alpha value is -2.37. The summed E-state index contributed by atoms with van der Waals surface area (Å²) >= 11 is 0. The van der Waals surface area contributed by atoms with Gasteiger partial charge in [0.2, 0.25) is 17.7 Å². The minimum absolute atomic E-state index is 0.0109. The molecule has 0 unspecified atom stereocenters. The third-order valence-corrected chi connectivity index (χ3v) is 5.01. The zero-order valence-corrected chi connectivity index (χ0v) is 14.7. The summed E-state index contributed by atoms with van der Waals surface area (Å²) in [6.07, 6.45) is 2.27. The number of piperazine rings is 1. The van der Waals surface area contributed by atoms with Crippen LogP contribution in [0.1, 0.15) is 31.7 Å². The van der Waals surface area contributed by atoms with Crippen molar-refractivity contribution < 1.29 is 14.4 Å². The predicted octanol–water partition coefficient (Wildman–Crippen LogP) is 1.26. The van der Waals surface area contributed by atoms with Crippen LogP contribution in [0.25, 0.3) is 0 Å². The van der Waals surface area contributed by atoms with Gasteiger partial charge < -0.3 is 14.7 Å². The van der Waals surface area contributed by atoms with Crippen LogP contribution in [0, 0.1) is 0 Å². The molecule has 0 saturated carbocycles. The Morgan fingerprint density at radius 2 is 1.72 bits per heavy atom. The van der Waals surface area contributed by atoms with Crippen molar-refractivity contribution >= 4 is 17.7 Å². The van der Waals surface area contributed by atoms with Crippen LogP contribution in [0.5, 0.6) is 0 Å². The minimum Gasteiger partial charge on any atom is -0.343 e. The summed E-state index contributed by atoms with van der Waals surface area (Å²) in [5, 5.41) is 0. The number of amides is 3. The first-order valence-corrected chi connectivity index (χ1v) is 8.96. The number of likely N-dealkylation sites (tertiary alicyclic amines) is 1. The van der Waals surface area contributed by atoms with Gasteiger partial charge in [-0.2, -0.15) is 0 Å². The molecule has 134 valence electrons. The Bertz CT molecular complexity index is 647. The van der Waals surface area contributed by atoms with E-state index < -0.39 is 6.04 Å².